The molecule has 2 nitrogen and oxygen atoms in total. The summed E-state index contributed by atoms with van der Waals surface area (Å²) in [6, 6.07) is 81.3. The van der Waals surface area contributed by atoms with Crippen LogP contribution in [-0.2, 0) is 27.1 Å². The number of fused-ring (bicyclic) bond motifs is 10. The van der Waals surface area contributed by atoms with E-state index in [1.807, 2.05) is 0 Å². The Morgan fingerprint density at radius 3 is 1.34 bits per heavy atom. The Bertz CT molecular complexity index is 5250. The number of hydrogen-bond acceptors (Lipinski definition) is 2. The number of para-hydroxylation sites is 2. The highest BCUT2D eigenvalue weighted by atomic mass is 15.2. The number of allylic oxidation sites excluding steroid dienone is 12. The van der Waals surface area contributed by atoms with Gasteiger partial charge in [-0.15, -0.1) is 0 Å². The van der Waals surface area contributed by atoms with Crippen LogP contribution in [0, 0.1) is 5.92 Å². The number of unbranched alkanes of at least 4 members (excludes halogenated alkanes) is 17. The molecule has 0 aromatic heterocycles. The van der Waals surface area contributed by atoms with Crippen LogP contribution in [0.2, 0.25) is 0 Å². The molecule has 7 aliphatic carbocycles. The highest BCUT2D eigenvalue weighted by Crippen LogP contribution is 2.63. The first-order chi connectivity index (χ1) is 59.9. The van der Waals surface area contributed by atoms with Gasteiger partial charge < -0.3 is 9.80 Å². The third-order valence-corrected chi connectivity index (χ3v) is 31.2. The van der Waals surface area contributed by atoms with Gasteiger partial charge in [0.05, 0.1) is 11.4 Å². The molecule has 122 heavy (non-hydrogen) atoms. The normalized spacial score (nSPS) is 18.3. The fraction of sp³-hybridized carbons (Fsp3) is 0.450. The van der Waals surface area contributed by atoms with E-state index in [0.29, 0.717) is 11.8 Å². The molecule has 0 spiro atoms. The molecule has 0 amide bonds. The van der Waals surface area contributed by atoms with Crippen LogP contribution in [0.4, 0.5) is 28.4 Å². The van der Waals surface area contributed by atoms with Gasteiger partial charge in [-0.05, 0) is 232 Å². The first kappa shape index (κ1) is 86.5. The van der Waals surface area contributed by atoms with Crippen LogP contribution in [0.15, 0.2) is 260 Å². The highest BCUT2D eigenvalue weighted by molar-refractivity contribution is 5.94. The van der Waals surface area contributed by atoms with Crippen LogP contribution in [0.3, 0.4) is 0 Å². The van der Waals surface area contributed by atoms with Crippen molar-refractivity contribution in [3.63, 3.8) is 0 Å². The zero-order valence-corrected chi connectivity index (χ0v) is 76.8. The van der Waals surface area contributed by atoms with Crippen molar-refractivity contribution in [2.24, 2.45) is 5.92 Å². The summed E-state index contributed by atoms with van der Waals surface area (Å²) in [5.74, 6) is 0.865. The maximum Gasteiger partial charge on any atom is 0.0540 e. The predicted molar refractivity (Wildman–Crippen MR) is 529 cm³/mol. The lowest BCUT2D eigenvalue weighted by atomic mass is 9.65. The summed E-state index contributed by atoms with van der Waals surface area (Å²) in [5, 5.41) is 0. The van der Waals surface area contributed by atoms with Gasteiger partial charge in [-0.3, -0.25) is 0 Å². The van der Waals surface area contributed by atoms with Gasteiger partial charge in [-0.1, -0.05) is 423 Å². The second kappa shape index (κ2) is 39.1. The average Bonchev–Trinajstić information content (AvgIpc) is 1.57. The third-order valence-electron chi connectivity index (χ3n) is 31.2. The van der Waals surface area contributed by atoms with Crippen molar-refractivity contribution in [2.45, 2.75) is 340 Å². The van der Waals surface area contributed by atoms with Crippen LogP contribution >= 0.6 is 0 Å². The predicted octanol–water partition coefficient (Wildman–Crippen LogP) is 36.1. The molecule has 0 heterocycles. The van der Waals surface area contributed by atoms with Gasteiger partial charge in [-0.25, -0.2) is 0 Å². The van der Waals surface area contributed by atoms with Gasteiger partial charge in [0, 0.05) is 66.9 Å². The molecule has 7 aliphatic rings. The second-order valence-electron chi connectivity index (χ2n) is 38.9. The van der Waals surface area contributed by atoms with Crippen molar-refractivity contribution < 1.29 is 0 Å². The molecule has 0 saturated heterocycles. The first-order valence-electron chi connectivity index (χ1n) is 49.7. The molecule has 9 aromatic carbocycles. The first-order valence-corrected chi connectivity index (χ1v) is 49.7. The molecule has 2 heteroatoms. The third kappa shape index (κ3) is 16.4. The standard InChI is InChI=1S/C120H146N2/c1-11-19-27-47-83-120(82-46-26-18-8)109-57-37-31-53-101(109)105-75-71-95(87-113(105)120)122(94-70-74-104-100-52-30-36-56-108(100)119(112(104)86-94,80-44-24-16-6)81-45-25-17-7)115-59-39-33-49-97(115)89-62-66-91(67-63-89)116(9,10)90-64-60-88(61-65-90)96-48-32-38-58-114(96)121(92-68-72-102-98-50-28-34-54-106(98)117(110(102)84-92,76-40-20-12-2)77-41-21-13-3)93-69-73-103-99-51-29-35-55-107(99)118(111(103)85-93,78-42-22-14-4)79-43-23-15-5/h28-35,37-39,48-55,57-68,70-72,74-75,84-87,101,109H,11-27,36,40-47,56,69,73,76-83H2,1-10H3. The Labute approximate surface area is 738 Å². The maximum absolute atomic E-state index is 2.78. The molecule has 0 bridgehead atoms. The van der Waals surface area contributed by atoms with Crippen LogP contribution < -0.4 is 9.80 Å². The molecule has 0 saturated carbocycles. The van der Waals surface area contributed by atoms with E-state index in [1.165, 1.54) is 314 Å². The SMILES string of the molecule is CCCCCCC1(CCCCC)c2cc(N(c3ccc4c(c3)C(CCCCC)(CCCCC)C3=C4C=CCC3)c3ccccc3-c3ccc(C(C)(C)c4ccc(-c5ccccc5N(C5=CC6=C(CC5)c5ccccc5C6(CCCCC)CCCCC)c5ccc6c(c5)C(CCCCC)(CCCCC)c5ccccc5-6)cc4)cc3)ccc2C2C=CC=CC21. The monoisotopic (exact) mass is 1620 g/mol. The summed E-state index contributed by atoms with van der Waals surface area (Å²) in [7, 11) is 0. The number of anilines is 5. The molecular weight excluding hydrogens is 1470 g/mol. The van der Waals surface area contributed by atoms with Crippen molar-refractivity contribution in [3.05, 3.63) is 315 Å². The summed E-state index contributed by atoms with van der Waals surface area (Å²) in [6.07, 6.45) is 63.1. The summed E-state index contributed by atoms with van der Waals surface area (Å²) < 4.78 is 0. The van der Waals surface area contributed by atoms with Gasteiger partial charge >= 0.3 is 0 Å². The summed E-state index contributed by atoms with van der Waals surface area (Å²) in [5.41, 5.74) is 37.0. The molecule has 636 valence electrons. The minimum Gasteiger partial charge on any atom is -0.314 e. The van der Waals surface area contributed by atoms with E-state index in [0.717, 1.165) is 19.3 Å². The largest absolute Gasteiger partial charge is 0.314 e. The lowest BCUT2D eigenvalue weighted by Gasteiger charge is -2.39. The van der Waals surface area contributed by atoms with Crippen molar-refractivity contribution in [1.29, 1.82) is 0 Å². The molecule has 0 radical (unpaired) electrons. The molecule has 0 fully saturated rings. The topological polar surface area (TPSA) is 6.48 Å². The van der Waals surface area contributed by atoms with Crippen molar-refractivity contribution >= 4 is 39.6 Å². The van der Waals surface area contributed by atoms with E-state index >= 15 is 0 Å². The van der Waals surface area contributed by atoms with Crippen molar-refractivity contribution in [2.75, 3.05) is 9.80 Å². The Hall–Kier alpha value is -8.98. The Balaban J connectivity index is 0.786. The fourth-order valence-corrected chi connectivity index (χ4v) is 24.8. The molecule has 0 aliphatic heterocycles. The van der Waals surface area contributed by atoms with Gasteiger partial charge in [0.1, 0.15) is 0 Å². The van der Waals surface area contributed by atoms with Gasteiger partial charge in [0.2, 0.25) is 0 Å². The Kier molecular flexibility index (Phi) is 27.7. The molecule has 9 aromatic rings. The molecule has 16 rings (SSSR count). The zero-order valence-electron chi connectivity index (χ0n) is 76.8. The van der Waals surface area contributed by atoms with E-state index in [-0.39, 0.29) is 27.1 Å². The summed E-state index contributed by atoms with van der Waals surface area (Å²) in [4.78, 5) is 5.51. The number of nitrogens with zero attached hydrogens (tertiary/aromatic N) is 2. The van der Waals surface area contributed by atoms with E-state index in [9.17, 15) is 0 Å². The van der Waals surface area contributed by atoms with Crippen molar-refractivity contribution in [1.82, 2.24) is 0 Å². The van der Waals surface area contributed by atoms with Crippen molar-refractivity contribution in [3.8, 4) is 33.4 Å². The number of rotatable bonds is 43. The molecule has 3 atom stereocenters. The van der Waals surface area contributed by atoms with E-state index < -0.39 is 0 Å². The highest BCUT2D eigenvalue weighted by Gasteiger charge is 2.52. The van der Waals surface area contributed by atoms with E-state index in [2.05, 4.69) is 322 Å². The maximum atomic E-state index is 2.78. The number of hydrogen-bond donors (Lipinski definition) is 0. The van der Waals surface area contributed by atoms with Gasteiger partial charge in [0.15, 0.2) is 0 Å². The Morgan fingerprint density at radius 1 is 0.344 bits per heavy atom. The lowest BCUT2D eigenvalue weighted by molar-refractivity contribution is 0.265. The second-order valence-corrected chi connectivity index (χ2v) is 38.9. The summed E-state index contributed by atoms with van der Waals surface area (Å²) >= 11 is 0. The van der Waals surface area contributed by atoms with Gasteiger partial charge in [-0.2, -0.15) is 0 Å². The van der Waals surface area contributed by atoms with Crippen LogP contribution in [-0.4, -0.2) is 0 Å². The van der Waals surface area contributed by atoms with E-state index in [4.69, 9.17) is 0 Å². The fourth-order valence-electron chi connectivity index (χ4n) is 24.8. The van der Waals surface area contributed by atoms with Gasteiger partial charge in [0.25, 0.3) is 0 Å². The molecular formula is C120H146N2. The smallest absolute Gasteiger partial charge is 0.0540 e. The van der Waals surface area contributed by atoms with E-state index in [1.54, 1.807) is 50.1 Å². The van der Waals surface area contributed by atoms with Crippen LogP contribution in [0.25, 0.3) is 44.5 Å². The van der Waals surface area contributed by atoms with Crippen LogP contribution in [0.1, 0.15) is 368 Å². The zero-order chi connectivity index (χ0) is 84.3. The minimum atomic E-state index is -0.297. The Morgan fingerprint density at radius 2 is 0.770 bits per heavy atom. The molecule has 0 N–H and O–H groups in total. The number of benzene rings is 9. The quantitative estimate of drug-likeness (QED) is 0.0352. The molecule has 3 unspecified atom stereocenters. The minimum absolute atomic E-state index is 0.00338. The lowest BCUT2D eigenvalue weighted by Crippen LogP contribution is -2.32. The van der Waals surface area contributed by atoms with Crippen LogP contribution in [0.5, 0.6) is 0 Å². The average molecular weight is 1620 g/mol. The summed E-state index contributed by atoms with van der Waals surface area (Å²) in [6.45, 7) is 23.9.